The van der Waals surface area contributed by atoms with Gasteiger partial charge in [0.15, 0.2) is 10.9 Å². The van der Waals surface area contributed by atoms with Gasteiger partial charge in [-0.3, -0.25) is 4.68 Å². The minimum Gasteiger partial charge on any atom is -0.360 e. The first kappa shape index (κ1) is 17.1. The van der Waals surface area contributed by atoms with Crippen molar-refractivity contribution in [3.05, 3.63) is 46.1 Å². The zero-order valence-corrected chi connectivity index (χ0v) is 14.8. The molecule has 0 bridgehead atoms. The summed E-state index contributed by atoms with van der Waals surface area (Å²) in [4.78, 5) is 0. The van der Waals surface area contributed by atoms with Crippen LogP contribution in [0.5, 0.6) is 0 Å². The molecule has 0 amide bonds. The molecule has 2 rings (SSSR count). The first-order valence-corrected chi connectivity index (χ1v) is 8.20. The highest BCUT2D eigenvalue weighted by molar-refractivity contribution is 7.80. The Morgan fingerprint density at radius 1 is 1.32 bits per heavy atom. The number of hydrogen-bond acceptors (Lipinski definition) is 2. The standard InChI is InChI=1S/C15H18Cl2N4S/c1-3-10(2)18-15(22)19-14-7-8-21(20-14)9-11-12(16)5-4-6-13(11)17/h4-8,10H,3,9H2,1-2H3,(H2,18,19,20,22). The van der Waals surface area contributed by atoms with Gasteiger partial charge in [0.1, 0.15) is 0 Å². The number of aromatic nitrogens is 2. The van der Waals surface area contributed by atoms with Gasteiger partial charge in [-0.1, -0.05) is 36.2 Å². The van der Waals surface area contributed by atoms with Crippen molar-refractivity contribution in [3.63, 3.8) is 0 Å². The van der Waals surface area contributed by atoms with Crippen LogP contribution >= 0.6 is 35.4 Å². The highest BCUT2D eigenvalue weighted by Gasteiger charge is 2.08. The molecule has 0 aliphatic heterocycles. The molecule has 4 nitrogen and oxygen atoms in total. The highest BCUT2D eigenvalue weighted by atomic mass is 35.5. The molecule has 2 aromatic rings. The molecule has 0 aliphatic carbocycles. The third-order valence-corrected chi connectivity index (χ3v) is 4.18. The van der Waals surface area contributed by atoms with Gasteiger partial charge in [0, 0.05) is 33.9 Å². The quantitative estimate of drug-likeness (QED) is 0.782. The van der Waals surface area contributed by atoms with Crippen LogP contribution in [0.1, 0.15) is 25.8 Å². The summed E-state index contributed by atoms with van der Waals surface area (Å²) in [7, 11) is 0. The fourth-order valence-corrected chi connectivity index (χ4v) is 2.66. The molecule has 0 saturated heterocycles. The molecule has 1 unspecified atom stereocenters. The van der Waals surface area contributed by atoms with Gasteiger partial charge in [-0.25, -0.2) is 0 Å². The number of hydrogen-bond donors (Lipinski definition) is 2. The van der Waals surface area contributed by atoms with Crippen molar-refractivity contribution in [1.29, 1.82) is 0 Å². The highest BCUT2D eigenvalue weighted by Crippen LogP contribution is 2.25. The lowest BCUT2D eigenvalue weighted by molar-refractivity contribution is 0.645. The average Bonchev–Trinajstić information content (AvgIpc) is 2.90. The monoisotopic (exact) mass is 356 g/mol. The van der Waals surface area contributed by atoms with Gasteiger partial charge in [0.2, 0.25) is 0 Å². The fourth-order valence-electron chi connectivity index (χ4n) is 1.84. The number of rotatable bonds is 5. The summed E-state index contributed by atoms with van der Waals surface area (Å²) in [6.07, 6.45) is 2.86. The molecule has 22 heavy (non-hydrogen) atoms. The molecule has 1 aromatic carbocycles. The van der Waals surface area contributed by atoms with Crippen LogP contribution in [0.15, 0.2) is 30.5 Å². The molecular formula is C15H18Cl2N4S. The zero-order valence-electron chi connectivity index (χ0n) is 12.4. The van der Waals surface area contributed by atoms with Crippen LogP contribution in [-0.4, -0.2) is 20.9 Å². The maximum absolute atomic E-state index is 6.17. The van der Waals surface area contributed by atoms with E-state index in [0.717, 1.165) is 12.0 Å². The van der Waals surface area contributed by atoms with Gasteiger partial charge in [0.25, 0.3) is 0 Å². The Balaban J connectivity index is 2.01. The van der Waals surface area contributed by atoms with E-state index in [-0.39, 0.29) is 0 Å². The van der Waals surface area contributed by atoms with E-state index in [1.54, 1.807) is 4.68 Å². The minimum atomic E-state index is 0.323. The Kier molecular flexibility index (Phi) is 6.06. The molecule has 0 radical (unpaired) electrons. The van der Waals surface area contributed by atoms with Crippen molar-refractivity contribution >= 4 is 46.4 Å². The van der Waals surface area contributed by atoms with Crippen molar-refractivity contribution in [2.75, 3.05) is 5.32 Å². The van der Waals surface area contributed by atoms with E-state index in [1.165, 1.54) is 0 Å². The van der Waals surface area contributed by atoms with E-state index in [2.05, 4.69) is 29.6 Å². The first-order chi connectivity index (χ1) is 10.5. The summed E-state index contributed by atoms with van der Waals surface area (Å²) in [5, 5.41) is 12.5. The lowest BCUT2D eigenvalue weighted by Crippen LogP contribution is -2.35. The average molecular weight is 357 g/mol. The van der Waals surface area contributed by atoms with Crippen LogP contribution < -0.4 is 10.6 Å². The summed E-state index contributed by atoms with van der Waals surface area (Å²) in [6, 6.07) is 7.63. The Labute approximate surface area is 145 Å². The lowest BCUT2D eigenvalue weighted by atomic mass is 10.2. The van der Waals surface area contributed by atoms with Crippen LogP contribution in [0, 0.1) is 0 Å². The second-order valence-electron chi connectivity index (χ2n) is 5.01. The second kappa shape index (κ2) is 7.81. The van der Waals surface area contributed by atoms with E-state index < -0.39 is 0 Å². The Bertz CT molecular complexity index is 636. The first-order valence-electron chi connectivity index (χ1n) is 7.03. The van der Waals surface area contributed by atoms with Crippen LogP contribution in [0.4, 0.5) is 5.82 Å². The number of halogens is 2. The summed E-state index contributed by atoms with van der Waals surface area (Å²) >= 11 is 17.6. The fraction of sp³-hybridized carbons (Fsp3) is 0.333. The van der Waals surface area contributed by atoms with E-state index in [0.29, 0.717) is 33.6 Å². The van der Waals surface area contributed by atoms with Crippen LogP contribution in [-0.2, 0) is 6.54 Å². The van der Waals surface area contributed by atoms with E-state index in [1.807, 2.05) is 30.5 Å². The molecule has 0 saturated carbocycles. The third-order valence-electron chi connectivity index (χ3n) is 3.25. The van der Waals surface area contributed by atoms with Crippen molar-refractivity contribution < 1.29 is 0 Å². The molecule has 1 atom stereocenters. The third kappa shape index (κ3) is 4.60. The molecule has 0 aliphatic rings. The topological polar surface area (TPSA) is 41.9 Å². The van der Waals surface area contributed by atoms with Gasteiger partial charge < -0.3 is 10.6 Å². The van der Waals surface area contributed by atoms with E-state index in [9.17, 15) is 0 Å². The van der Waals surface area contributed by atoms with Gasteiger partial charge in [0.05, 0.1) is 6.54 Å². The summed E-state index contributed by atoms with van der Waals surface area (Å²) in [5.41, 5.74) is 0.848. The number of benzene rings is 1. The van der Waals surface area contributed by atoms with Crippen molar-refractivity contribution in [2.45, 2.75) is 32.9 Å². The number of nitrogens with zero attached hydrogens (tertiary/aromatic N) is 2. The van der Waals surface area contributed by atoms with Gasteiger partial charge in [-0.05, 0) is 37.7 Å². The summed E-state index contributed by atoms with van der Waals surface area (Å²) < 4.78 is 1.77. The molecule has 1 aromatic heterocycles. The smallest absolute Gasteiger partial charge is 0.172 e. The van der Waals surface area contributed by atoms with Crippen LogP contribution in [0.2, 0.25) is 10.0 Å². The molecule has 1 heterocycles. The SMILES string of the molecule is CCC(C)NC(=S)Nc1ccn(Cc2c(Cl)cccc2Cl)n1. The minimum absolute atomic E-state index is 0.323. The maximum atomic E-state index is 6.17. The van der Waals surface area contributed by atoms with Gasteiger partial charge in [-0.15, -0.1) is 0 Å². The van der Waals surface area contributed by atoms with Crippen LogP contribution in [0.3, 0.4) is 0 Å². The Morgan fingerprint density at radius 2 is 2.00 bits per heavy atom. The summed E-state index contributed by atoms with van der Waals surface area (Å²) in [5.74, 6) is 0.684. The van der Waals surface area contributed by atoms with Crippen LogP contribution in [0.25, 0.3) is 0 Å². The van der Waals surface area contributed by atoms with E-state index in [4.69, 9.17) is 35.4 Å². The Hall–Kier alpha value is -1.30. The molecule has 0 spiro atoms. The Morgan fingerprint density at radius 3 is 2.64 bits per heavy atom. The van der Waals surface area contributed by atoms with Crippen molar-refractivity contribution in [2.24, 2.45) is 0 Å². The molecular weight excluding hydrogens is 339 g/mol. The maximum Gasteiger partial charge on any atom is 0.172 e. The predicted octanol–water partition coefficient (Wildman–Crippen LogP) is 4.32. The second-order valence-corrected chi connectivity index (χ2v) is 6.23. The number of anilines is 1. The van der Waals surface area contributed by atoms with Gasteiger partial charge in [-0.2, -0.15) is 5.10 Å². The largest absolute Gasteiger partial charge is 0.360 e. The molecule has 7 heteroatoms. The van der Waals surface area contributed by atoms with Crippen molar-refractivity contribution in [1.82, 2.24) is 15.1 Å². The lowest BCUT2D eigenvalue weighted by Gasteiger charge is -2.13. The van der Waals surface area contributed by atoms with Gasteiger partial charge >= 0.3 is 0 Å². The normalized spacial score (nSPS) is 12.0. The zero-order chi connectivity index (χ0) is 16.1. The van der Waals surface area contributed by atoms with Crippen molar-refractivity contribution in [3.8, 4) is 0 Å². The molecule has 2 N–H and O–H groups in total. The summed E-state index contributed by atoms with van der Waals surface area (Å²) in [6.45, 7) is 4.68. The molecule has 0 fully saturated rings. The predicted molar refractivity (Wildman–Crippen MR) is 96.9 cm³/mol. The van der Waals surface area contributed by atoms with E-state index >= 15 is 0 Å². The number of thiocarbonyl (C=S) groups is 1. The number of nitrogens with one attached hydrogen (secondary N) is 2. The molecule has 118 valence electrons.